The molecule has 1 fully saturated rings. The lowest BCUT2D eigenvalue weighted by Gasteiger charge is -2.28. The van der Waals surface area contributed by atoms with Crippen LogP contribution in [0.3, 0.4) is 0 Å². The number of halogens is 1. The van der Waals surface area contributed by atoms with Crippen molar-refractivity contribution < 1.29 is 4.79 Å². The normalized spacial score (nSPS) is 20.2. The monoisotopic (exact) mass is 355 g/mol. The molecule has 0 heterocycles. The Morgan fingerprint density at radius 1 is 1.04 bits per heavy atom. The molecule has 3 heteroatoms. The summed E-state index contributed by atoms with van der Waals surface area (Å²) in [6, 6.07) is 15.4. The van der Waals surface area contributed by atoms with Crippen molar-refractivity contribution in [1.82, 2.24) is 0 Å². The predicted octanol–water partition coefficient (Wildman–Crippen LogP) is 6.67. The summed E-state index contributed by atoms with van der Waals surface area (Å²) in [5, 5.41) is 3.43. The maximum Gasteiger partial charge on any atom is 0.255 e. The lowest BCUT2D eigenvalue weighted by Crippen LogP contribution is -2.14. The van der Waals surface area contributed by atoms with Gasteiger partial charge in [-0.3, -0.25) is 4.79 Å². The minimum Gasteiger partial charge on any atom is -0.321 e. The smallest absolute Gasteiger partial charge is 0.255 e. The Balaban J connectivity index is 1.61. The van der Waals surface area contributed by atoms with Gasteiger partial charge in [0.1, 0.15) is 0 Å². The van der Waals surface area contributed by atoms with Crippen molar-refractivity contribution in [2.24, 2.45) is 5.92 Å². The third-order valence-electron chi connectivity index (χ3n) is 5.31. The summed E-state index contributed by atoms with van der Waals surface area (Å²) < 4.78 is 0. The zero-order valence-electron chi connectivity index (χ0n) is 14.8. The van der Waals surface area contributed by atoms with E-state index in [1.165, 1.54) is 44.1 Å². The van der Waals surface area contributed by atoms with Gasteiger partial charge in [-0.25, -0.2) is 0 Å². The summed E-state index contributed by atoms with van der Waals surface area (Å²) in [4.78, 5) is 12.4. The van der Waals surface area contributed by atoms with Gasteiger partial charge in [0, 0.05) is 5.56 Å². The van der Waals surface area contributed by atoms with Crippen molar-refractivity contribution in [2.45, 2.75) is 51.4 Å². The molecule has 3 rings (SSSR count). The highest BCUT2D eigenvalue weighted by molar-refractivity contribution is 6.33. The number of anilines is 1. The van der Waals surface area contributed by atoms with Gasteiger partial charge in [-0.15, -0.1) is 0 Å². The number of nitrogens with one attached hydrogen (secondary N) is 1. The fraction of sp³-hybridized carbons (Fsp3) is 0.409. The zero-order valence-corrected chi connectivity index (χ0v) is 15.6. The van der Waals surface area contributed by atoms with Crippen LogP contribution < -0.4 is 5.32 Å². The van der Waals surface area contributed by atoms with Gasteiger partial charge in [-0.05, 0) is 67.3 Å². The number of carbonyl (C=O) groups is 1. The fourth-order valence-electron chi connectivity index (χ4n) is 3.86. The van der Waals surface area contributed by atoms with Gasteiger partial charge < -0.3 is 5.32 Å². The second-order valence-electron chi connectivity index (χ2n) is 7.06. The summed E-state index contributed by atoms with van der Waals surface area (Å²) in [5.74, 6) is 1.45. The molecule has 0 atom stereocenters. The zero-order chi connectivity index (χ0) is 17.6. The lowest BCUT2D eigenvalue weighted by atomic mass is 9.77. The summed E-state index contributed by atoms with van der Waals surface area (Å²) in [5.41, 5.74) is 2.68. The van der Waals surface area contributed by atoms with E-state index < -0.39 is 0 Å². The number of hydrogen-bond donors (Lipinski definition) is 1. The number of benzene rings is 2. The molecule has 132 valence electrons. The van der Waals surface area contributed by atoms with Gasteiger partial charge in [-0.2, -0.15) is 0 Å². The van der Waals surface area contributed by atoms with Crippen molar-refractivity contribution in [1.29, 1.82) is 0 Å². The topological polar surface area (TPSA) is 29.1 Å². The minimum absolute atomic E-state index is 0.119. The van der Waals surface area contributed by atoms with Gasteiger partial charge >= 0.3 is 0 Å². The standard InChI is InChI=1S/C22H26ClNO/c1-2-5-16-8-10-17(11-9-16)18-12-14-19(15-13-18)22(25)24-21-7-4-3-6-20(21)23/h3-4,6-7,12-17H,2,5,8-11H2,1H3,(H,24,25). The maximum atomic E-state index is 12.4. The molecule has 2 aromatic rings. The first kappa shape index (κ1) is 18.0. The van der Waals surface area contributed by atoms with E-state index in [0.29, 0.717) is 22.2 Å². The van der Waals surface area contributed by atoms with E-state index in [-0.39, 0.29) is 5.91 Å². The second kappa shape index (κ2) is 8.53. The highest BCUT2D eigenvalue weighted by Crippen LogP contribution is 2.37. The van der Waals surface area contributed by atoms with Crippen LogP contribution in [0.5, 0.6) is 0 Å². The minimum atomic E-state index is -0.119. The van der Waals surface area contributed by atoms with E-state index in [1.807, 2.05) is 30.3 Å². The van der Waals surface area contributed by atoms with E-state index in [0.717, 1.165) is 5.92 Å². The van der Waals surface area contributed by atoms with E-state index in [2.05, 4.69) is 24.4 Å². The average Bonchev–Trinajstić information content (AvgIpc) is 2.65. The van der Waals surface area contributed by atoms with Crippen LogP contribution in [0.1, 0.15) is 67.3 Å². The lowest BCUT2D eigenvalue weighted by molar-refractivity contribution is 0.102. The third kappa shape index (κ3) is 4.64. The molecule has 0 spiro atoms. The number of para-hydroxylation sites is 1. The van der Waals surface area contributed by atoms with Crippen molar-refractivity contribution >= 4 is 23.2 Å². The first-order chi connectivity index (χ1) is 12.2. The molecule has 2 nitrogen and oxygen atoms in total. The van der Waals surface area contributed by atoms with Crippen LogP contribution in [0.2, 0.25) is 5.02 Å². The maximum absolute atomic E-state index is 12.4. The Morgan fingerprint density at radius 2 is 1.72 bits per heavy atom. The van der Waals surface area contributed by atoms with E-state index in [1.54, 1.807) is 6.07 Å². The predicted molar refractivity (Wildman–Crippen MR) is 105 cm³/mol. The molecule has 1 saturated carbocycles. The Bertz CT molecular complexity index is 702. The number of rotatable bonds is 5. The molecule has 0 aromatic heterocycles. The number of carbonyl (C=O) groups excluding carboxylic acids is 1. The Morgan fingerprint density at radius 3 is 2.36 bits per heavy atom. The van der Waals surface area contributed by atoms with Crippen molar-refractivity contribution in [3.63, 3.8) is 0 Å². The van der Waals surface area contributed by atoms with Crippen LogP contribution >= 0.6 is 11.6 Å². The van der Waals surface area contributed by atoms with Gasteiger partial charge in [0.25, 0.3) is 5.91 Å². The molecule has 1 N–H and O–H groups in total. The van der Waals surface area contributed by atoms with Gasteiger partial charge in [0.15, 0.2) is 0 Å². The summed E-state index contributed by atoms with van der Waals surface area (Å²) in [6.45, 7) is 2.28. The molecular weight excluding hydrogens is 330 g/mol. The summed E-state index contributed by atoms with van der Waals surface area (Å²) >= 11 is 6.10. The molecule has 0 bridgehead atoms. The van der Waals surface area contributed by atoms with Crippen molar-refractivity contribution in [3.05, 3.63) is 64.7 Å². The van der Waals surface area contributed by atoms with Gasteiger partial charge in [0.05, 0.1) is 10.7 Å². The van der Waals surface area contributed by atoms with E-state index in [4.69, 9.17) is 11.6 Å². The van der Waals surface area contributed by atoms with Crippen LogP contribution in [0.25, 0.3) is 0 Å². The SMILES string of the molecule is CCCC1CCC(c2ccc(C(=O)Nc3ccccc3Cl)cc2)CC1. The Hall–Kier alpha value is -1.80. The molecule has 0 radical (unpaired) electrons. The quantitative estimate of drug-likeness (QED) is 0.637. The molecule has 0 aliphatic heterocycles. The summed E-state index contributed by atoms with van der Waals surface area (Å²) in [6.07, 6.45) is 7.89. The molecule has 25 heavy (non-hydrogen) atoms. The molecule has 2 aromatic carbocycles. The molecule has 1 aliphatic rings. The highest BCUT2D eigenvalue weighted by Gasteiger charge is 2.22. The molecule has 0 unspecified atom stereocenters. The first-order valence-corrected chi connectivity index (χ1v) is 9.71. The van der Waals surface area contributed by atoms with Gasteiger partial charge in [0.2, 0.25) is 0 Å². The van der Waals surface area contributed by atoms with Gasteiger partial charge in [-0.1, -0.05) is 55.6 Å². The van der Waals surface area contributed by atoms with Crippen LogP contribution in [0.15, 0.2) is 48.5 Å². The van der Waals surface area contributed by atoms with Crippen LogP contribution in [-0.2, 0) is 0 Å². The average molecular weight is 356 g/mol. The summed E-state index contributed by atoms with van der Waals surface area (Å²) in [7, 11) is 0. The van der Waals surface area contributed by atoms with Crippen LogP contribution in [0.4, 0.5) is 5.69 Å². The van der Waals surface area contributed by atoms with Crippen molar-refractivity contribution in [3.8, 4) is 0 Å². The van der Waals surface area contributed by atoms with Crippen LogP contribution in [0, 0.1) is 5.92 Å². The highest BCUT2D eigenvalue weighted by atomic mass is 35.5. The number of amides is 1. The number of hydrogen-bond acceptors (Lipinski definition) is 1. The molecular formula is C22H26ClNO. The first-order valence-electron chi connectivity index (χ1n) is 9.33. The third-order valence-corrected chi connectivity index (χ3v) is 5.64. The molecule has 1 aliphatic carbocycles. The molecule has 1 amide bonds. The Kier molecular flexibility index (Phi) is 6.14. The second-order valence-corrected chi connectivity index (χ2v) is 7.47. The van der Waals surface area contributed by atoms with Crippen molar-refractivity contribution in [2.75, 3.05) is 5.32 Å². The van der Waals surface area contributed by atoms with Crippen LogP contribution in [-0.4, -0.2) is 5.91 Å². The Labute approximate surface area is 155 Å². The molecule has 0 saturated heterocycles. The van der Waals surface area contributed by atoms with E-state index >= 15 is 0 Å². The van der Waals surface area contributed by atoms with E-state index in [9.17, 15) is 4.79 Å². The largest absolute Gasteiger partial charge is 0.321 e. The fourth-order valence-corrected chi connectivity index (χ4v) is 4.04.